The quantitative estimate of drug-likeness (QED) is 0.870. The average Bonchev–Trinajstić information content (AvgIpc) is 2.52. The third-order valence-corrected chi connectivity index (χ3v) is 3.94. The fourth-order valence-electron chi connectivity index (χ4n) is 2.68. The SMILES string of the molecule is COc1cccc(C(N)COC2CCCC(OC)C2)c1. The molecule has 3 unspecified atom stereocenters. The first-order valence-corrected chi connectivity index (χ1v) is 7.27. The maximum Gasteiger partial charge on any atom is 0.119 e. The van der Waals surface area contributed by atoms with Crippen molar-refractivity contribution in [2.24, 2.45) is 5.73 Å². The molecule has 112 valence electrons. The Balaban J connectivity index is 1.83. The molecule has 0 heterocycles. The Morgan fingerprint density at radius 2 is 2.05 bits per heavy atom. The number of methoxy groups -OCH3 is 2. The second kappa shape index (κ2) is 7.62. The van der Waals surface area contributed by atoms with Gasteiger partial charge in [-0.1, -0.05) is 12.1 Å². The third-order valence-electron chi connectivity index (χ3n) is 3.94. The molecule has 0 aromatic heterocycles. The van der Waals surface area contributed by atoms with Crippen molar-refractivity contribution < 1.29 is 14.2 Å². The predicted molar refractivity (Wildman–Crippen MR) is 78.9 cm³/mol. The molecule has 0 spiro atoms. The van der Waals surface area contributed by atoms with Crippen LogP contribution >= 0.6 is 0 Å². The van der Waals surface area contributed by atoms with Gasteiger partial charge in [-0.25, -0.2) is 0 Å². The number of hydrogen-bond acceptors (Lipinski definition) is 4. The van der Waals surface area contributed by atoms with Gasteiger partial charge >= 0.3 is 0 Å². The molecule has 1 saturated carbocycles. The summed E-state index contributed by atoms with van der Waals surface area (Å²) >= 11 is 0. The Hall–Kier alpha value is -1.10. The van der Waals surface area contributed by atoms with Crippen LogP contribution in [0, 0.1) is 0 Å². The van der Waals surface area contributed by atoms with E-state index in [-0.39, 0.29) is 12.1 Å². The van der Waals surface area contributed by atoms with Gasteiger partial charge < -0.3 is 19.9 Å². The summed E-state index contributed by atoms with van der Waals surface area (Å²) in [6.07, 6.45) is 4.98. The average molecular weight is 279 g/mol. The fraction of sp³-hybridized carbons (Fsp3) is 0.625. The zero-order chi connectivity index (χ0) is 14.4. The molecule has 0 amide bonds. The van der Waals surface area contributed by atoms with Crippen molar-refractivity contribution in [2.75, 3.05) is 20.8 Å². The van der Waals surface area contributed by atoms with E-state index in [4.69, 9.17) is 19.9 Å². The fourth-order valence-corrected chi connectivity index (χ4v) is 2.68. The molecule has 0 saturated heterocycles. The molecule has 0 bridgehead atoms. The summed E-state index contributed by atoms with van der Waals surface area (Å²) < 4.78 is 16.6. The van der Waals surface area contributed by atoms with Crippen LogP contribution < -0.4 is 10.5 Å². The van der Waals surface area contributed by atoms with Gasteiger partial charge in [-0.3, -0.25) is 0 Å². The van der Waals surface area contributed by atoms with Crippen LogP contribution in [0.4, 0.5) is 0 Å². The highest BCUT2D eigenvalue weighted by Gasteiger charge is 2.22. The molecule has 4 heteroatoms. The smallest absolute Gasteiger partial charge is 0.119 e. The number of rotatable bonds is 6. The lowest BCUT2D eigenvalue weighted by Crippen LogP contribution is -2.30. The first kappa shape index (κ1) is 15.3. The Bertz CT molecular complexity index is 410. The molecular weight excluding hydrogens is 254 g/mol. The largest absolute Gasteiger partial charge is 0.497 e. The lowest BCUT2D eigenvalue weighted by molar-refractivity contribution is -0.0332. The van der Waals surface area contributed by atoms with Crippen LogP contribution in [0.3, 0.4) is 0 Å². The van der Waals surface area contributed by atoms with Gasteiger partial charge in [0.05, 0.1) is 32.0 Å². The summed E-state index contributed by atoms with van der Waals surface area (Å²) in [6.45, 7) is 0.536. The van der Waals surface area contributed by atoms with Gasteiger partial charge in [0.2, 0.25) is 0 Å². The molecule has 4 nitrogen and oxygen atoms in total. The Morgan fingerprint density at radius 3 is 2.80 bits per heavy atom. The first-order chi connectivity index (χ1) is 9.72. The van der Waals surface area contributed by atoms with Gasteiger partial charge in [0, 0.05) is 7.11 Å². The topological polar surface area (TPSA) is 53.7 Å². The molecule has 1 aromatic carbocycles. The van der Waals surface area contributed by atoms with E-state index < -0.39 is 0 Å². The van der Waals surface area contributed by atoms with Gasteiger partial charge in [0.1, 0.15) is 5.75 Å². The van der Waals surface area contributed by atoms with Crippen molar-refractivity contribution in [2.45, 2.75) is 43.9 Å². The highest BCUT2D eigenvalue weighted by molar-refractivity contribution is 5.30. The molecule has 3 atom stereocenters. The highest BCUT2D eigenvalue weighted by Crippen LogP contribution is 2.24. The molecule has 20 heavy (non-hydrogen) atoms. The summed E-state index contributed by atoms with van der Waals surface area (Å²) in [5, 5.41) is 0. The number of hydrogen-bond donors (Lipinski definition) is 1. The van der Waals surface area contributed by atoms with Gasteiger partial charge in [-0.15, -0.1) is 0 Å². The molecular formula is C16H25NO3. The van der Waals surface area contributed by atoms with Crippen LogP contribution in [-0.2, 0) is 9.47 Å². The highest BCUT2D eigenvalue weighted by atomic mass is 16.5. The van der Waals surface area contributed by atoms with E-state index in [0.29, 0.717) is 12.7 Å². The van der Waals surface area contributed by atoms with E-state index in [1.807, 2.05) is 24.3 Å². The lowest BCUT2D eigenvalue weighted by atomic mass is 9.95. The molecule has 1 aromatic rings. The van der Waals surface area contributed by atoms with E-state index in [9.17, 15) is 0 Å². The van der Waals surface area contributed by atoms with Crippen LogP contribution in [0.5, 0.6) is 5.75 Å². The van der Waals surface area contributed by atoms with Crippen molar-refractivity contribution in [1.82, 2.24) is 0 Å². The summed E-state index contributed by atoms with van der Waals surface area (Å²) in [6, 6.07) is 7.73. The van der Waals surface area contributed by atoms with Gasteiger partial charge in [-0.2, -0.15) is 0 Å². The van der Waals surface area contributed by atoms with Crippen LogP contribution in [0.15, 0.2) is 24.3 Å². The summed E-state index contributed by atoms with van der Waals surface area (Å²) in [5.74, 6) is 0.829. The van der Waals surface area contributed by atoms with Gasteiger partial charge in [0.15, 0.2) is 0 Å². The second-order valence-corrected chi connectivity index (χ2v) is 5.36. The number of benzene rings is 1. The zero-order valence-electron chi connectivity index (χ0n) is 12.4. The third kappa shape index (κ3) is 4.20. The molecule has 1 aliphatic carbocycles. The summed E-state index contributed by atoms with van der Waals surface area (Å²) in [4.78, 5) is 0. The summed E-state index contributed by atoms with van der Waals surface area (Å²) in [7, 11) is 3.43. The standard InChI is InChI=1S/C16H25NO3/c1-18-13-6-3-5-12(9-13)16(17)11-20-15-8-4-7-14(10-15)19-2/h3,5-6,9,14-16H,4,7-8,10-11,17H2,1-2H3. The first-order valence-electron chi connectivity index (χ1n) is 7.27. The van der Waals surface area contributed by atoms with Crippen LogP contribution in [0.1, 0.15) is 37.3 Å². The van der Waals surface area contributed by atoms with E-state index in [1.165, 1.54) is 0 Å². The molecule has 1 aliphatic rings. The lowest BCUT2D eigenvalue weighted by Gasteiger charge is -2.29. The van der Waals surface area contributed by atoms with Crippen molar-refractivity contribution >= 4 is 0 Å². The minimum Gasteiger partial charge on any atom is -0.497 e. The normalized spacial score (nSPS) is 24.4. The molecule has 0 aliphatic heterocycles. The van der Waals surface area contributed by atoms with Crippen molar-refractivity contribution in [3.05, 3.63) is 29.8 Å². The van der Waals surface area contributed by atoms with E-state index in [1.54, 1.807) is 14.2 Å². The van der Waals surface area contributed by atoms with Crippen molar-refractivity contribution in [1.29, 1.82) is 0 Å². The maximum atomic E-state index is 6.19. The Labute approximate surface area is 121 Å². The maximum absolute atomic E-state index is 6.19. The monoisotopic (exact) mass is 279 g/mol. The van der Waals surface area contributed by atoms with Gasteiger partial charge in [0.25, 0.3) is 0 Å². The summed E-state index contributed by atoms with van der Waals surface area (Å²) in [5.41, 5.74) is 7.24. The van der Waals surface area contributed by atoms with E-state index in [2.05, 4.69) is 0 Å². The van der Waals surface area contributed by atoms with Crippen molar-refractivity contribution in [3.8, 4) is 5.75 Å². The molecule has 2 rings (SSSR count). The second-order valence-electron chi connectivity index (χ2n) is 5.36. The number of ether oxygens (including phenoxy) is 3. The van der Waals surface area contributed by atoms with Crippen molar-refractivity contribution in [3.63, 3.8) is 0 Å². The Morgan fingerprint density at radius 1 is 1.25 bits per heavy atom. The van der Waals surface area contributed by atoms with E-state index in [0.717, 1.165) is 37.0 Å². The Kier molecular flexibility index (Phi) is 5.83. The van der Waals surface area contributed by atoms with E-state index >= 15 is 0 Å². The minimum atomic E-state index is -0.118. The van der Waals surface area contributed by atoms with Crippen LogP contribution in [0.2, 0.25) is 0 Å². The number of nitrogens with two attached hydrogens (primary N) is 1. The zero-order valence-corrected chi connectivity index (χ0v) is 12.4. The molecule has 0 radical (unpaired) electrons. The van der Waals surface area contributed by atoms with Gasteiger partial charge in [-0.05, 0) is 43.4 Å². The van der Waals surface area contributed by atoms with Crippen LogP contribution in [-0.4, -0.2) is 33.0 Å². The molecule has 2 N–H and O–H groups in total. The predicted octanol–water partition coefficient (Wildman–Crippen LogP) is 2.67. The van der Waals surface area contributed by atoms with Crippen LogP contribution in [0.25, 0.3) is 0 Å². The molecule has 1 fully saturated rings. The minimum absolute atomic E-state index is 0.118.